The standard InChI is InChI=1S/C18H23N/c1-4-5-16-6-8-18(9-7-16)19-13-17-11-14(2)10-15(3)12-17/h6-12,19H,4-5,13H2,1-3H3. The van der Waals surface area contributed by atoms with Crippen molar-refractivity contribution in [3.8, 4) is 0 Å². The Morgan fingerprint density at radius 2 is 1.47 bits per heavy atom. The molecule has 0 spiro atoms. The zero-order valence-electron chi connectivity index (χ0n) is 12.2. The summed E-state index contributed by atoms with van der Waals surface area (Å²) in [6, 6.07) is 15.5. The van der Waals surface area contributed by atoms with Crippen molar-refractivity contribution in [3.05, 3.63) is 64.7 Å². The first kappa shape index (κ1) is 13.7. The van der Waals surface area contributed by atoms with Crippen LogP contribution in [-0.4, -0.2) is 0 Å². The molecule has 19 heavy (non-hydrogen) atoms. The third kappa shape index (κ3) is 4.13. The summed E-state index contributed by atoms with van der Waals surface area (Å²) in [6.45, 7) is 7.40. The summed E-state index contributed by atoms with van der Waals surface area (Å²) in [5, 5.41) is 3.48. The molecule has 0 saturated carbocycles. The highest BCUT2D eigenvalue weighted by Crippen LogP contribution is 2.14. The highest BCUT2D eigenvalue weighted by molar-refractivity contribution is 5.45. The van der Waals surface area contributed by atoms with Crippen molar-refractivity contribution >= 4 is 5.69 Å². The predicted molar refractivity (Wildman–Crippen MR) is 83.7 cm³/mol. The first-order valence-electron chi connectivity index (χ1n) is 7.07. The fraction of sp³-hybridized carbons (Fsp3) is 0.333. The highest BCUT2D eigenvalue weighted by atomic mass is 14.9. The molecule has 0 bridgehead atoms. The van der Waals surface area contributed by atoms with Gasteiger partial charge in [-0.25, -0.2) is 0 Å². The van der Waals surface area contributed by atoms with Gasteiger partial charge in [0.1, 0.15) is 0 Å². The number of nitrogens with one attached hydrogen (secondary N) is 1. The van der Waals surface area contributed by atoms with E-state index in [-0.39, 0.29) is 0 Å². The molecule has 2 aromatic carbocycles. The average molecular weight is 253 g/mol. The second kappa shape index (κ2) is 6.42. The van der Waals surface area contributed by atoms with E-state index in [1.165, 1.54) is 34.4 Å². The number of benzene rings is 2. The van der Waals surface area contributed by atoms with Gasteiger partial charge < -0.3 is 5.32 Å². The van der Waals surface area contributed by atoms with Crippen molar-refractivity contribution < 1.29 is 0 Å². The molecule has 1 N–H and O–H groups in total. The zero-order chi connectivity index (χ0) is 13.7. The molecule has 0 aliphatic carbocycles. The summed E-state index contributed by atoms with van der Waals surface area (Å²) < 4.78 is 0. The van der Waals surface area contributed by atoms with Gasteiger partial charge in [-0.15, -0.1) is 0 Å². The molecule has 2 rings (SSSR count). The van der Waals surface area contributed by atoms with E-state index >= 15 is 0 Å². The monoisotopic (exact) mass is 253 g/mol. The number of aryl methyl sites for hydroxylation is 3. The Balaban J connectivity index is 1.98. The molecule has 0 unspecified atom stereocenters. The van der Waals surface area contributed by atoms with E-state index in [0.29, 0.717) is 0 Å². The molecule has 0 heterocycles. The maximum absolute atomic E-state index is 3.48. The SMILES string of the molecule is CCCc1ccc(NCc2cc(C)cc(C)c2)cc1. The van der Waals surface area contributed by atoms with Crippen LogP contribution in [0.25, 0.3) is 0 Å². The predicted octanol–water partition coefficient (Wildman–Crippen LogP) is 4.87. The molecule has 0 aliphatic rings. The normalized spacial score (nSPS) is 10.5. The molecule has 100 valence electrons. The largest absolute Gasteiger partial charge is 0.381 e. The van der Waals surface area contributed by atoms with Crippen LogP contribution in [0.1, 0.15) is 35.6 Å². The number of rotatable bonds is 5. The summed E-state index contributed by atoms with van der Waals surface area (Å²) in [4.78, 5) is 0. The van der Waals surface area contributed by atoms with Crippen LogP contribution < -0.4 is 5.32 Å². The van der Waals surface area contributed by atoms with Crippen LogP contribution in [0.15, 0.2) is 42.5 Å². The van der Waals surface area contributed by atoms with Gasteiger partial charge in [-0.05, 0) is 43.5 Å². The minimum absolute atomic E-state index is 0.885. The molecule has 0 radical (unpaired) electrons. The summed E-state index contributed by atoms with van der Waals surface area (Å²) in [5.41, 5.74) is 6.61. The van der Waals surface area contributed by atoms with Gasteiger partial charge in [0, 0.05) is 12.2 Å². The van der Waals surface area contributed by atoms with E-state index in [9.17, 15) is 0 Å². The van der Waals surface area contributed by atoms with Crippen LogP contribution in [0.5, 0.6) is 0 Å². The third-order valence-corrected chi connectivity index (χ3v) is 3.27. The van der Waals surface area contributed by atoms with E-state index in [0.717, 1.165) is 13.0 Å². The van der Waals surface area contributed by atoms with Crippen LogP contribution in [0.4, 0.5) is 5.69 Å². The molecule has 1 nitrogen and oxygen atoms in total. The third-order valence-electron chi connectivity index (χ3n) is 3.27. The van der Waals surface area contributed by atoms with Crippen LogP contribution in [0, 0.1) is 13.8 Å². The van der Waals surface area contributed by atoms with E-state index in [1.807, 2.05) is 0 Å². The summed E-state index contributed by atoms with van der Waals surface area (Å²) >= 11 is 0. The first-order valence-corrected chi connectivity index (χ1v) is 7.07. The molecule has 0 aromatic heterocycles. The Hall–Kier alpha value is -1.76. The van der Waals surface area contributed by atoms with Gasteiger partial charge in [0.25, 0.3) is 0 Å². The van der Waals surface area contributed by atoms with Gasteiger partial charge in [-0.1, -0.05) is 54.8 Å². The van der Waals surface area contributed by atoms with E-state index in [1.54, 1.807) is 0 Å². The van der Waals surface area contributed by atoms with Gasteiger partial charge in [-0.3, -0.25) is 0 Å². The van der Waals surface area contributed by atoms with Crippen molar-refractivity contribution in [1.82, 2.24) is 0 Å². The van der Waals surface area contributed by atoms with Crippen molar-refractivity contribution in [2.45, 2.75) is 40.2 Å². The van der Waals surface area contributed by atoms with Crippen molar-refractivity contribution in [2.75, 3.05) is 5.32 Å². The Morgan fingerprint density at radius 3 is 2.05 bits per heavy atom. The average Bonchev–Trinajstić information content (AvgIpc) is 2.37. The smallest absolute Gasteiger partial charge is 0.0400 e. The molecule has 0 fully saturated rings. The molecule has 1 heteroatoms. The van der Waals surface area contributed by atoms with Crippen molar-refractivity contribution in [2.24, 2.45) is 0 Å². The minimum Gasteiger partial charge on any atom is -0.381 e. The van der Waals surface area contributed by atoms with Gasteiger partial charge in [0.2, 0.25) is 0 Å². The van der Waals surface area contributed by atoms with Gasteiger partial charge >= 0.3 is 0 Å². The molecule has 2 aromatic rings. The molecule has 0 amide bonds. The fourth-order valence-electron chi connectivity index (χ4n) is 2.45. The lowest BCUT2D eigenvalue weighted by Crippen LogP contribution is -2.00. The summed E-state index contributed by atoms with van der Waals surface area (Å²) in [6.07, 6.45) is 2.37. The molecular weight excluding hydrogens is 230 g/mol. The second-order valence-electron chi connectivity index (χ2n) is 5.30. The summed E-state index contributed by atoms with van der Waals surface area (Å²) in [5.74, 6) is 0. The Kier molecular flexibility index (Phi) is 4.62. The molecule has 0 atom stereocenters. The molecular formula is C18H23N. The lowest BCUT2D eigenvalue weighted by Gasteiger charge is -2.09. The van der Waals surface area contributed by atoms with Gasteiger partial charge in [0.15, 0.2) is 0 Å². The lowest BCUT2D eigenvalue weighted by molar-refractivity contribution is 0.922. The Bertz CT molecular complexity index is 506. The quantitative estimate of drug-likeness (QED) is 0.801. The summed E-state index contributed by atoms with van der Waals surface area (Å²) in [7, 11) is 0. The van der Waals surface area contributed by atoms with Crippen molar-refractivity contribution in [1.29, 1.82) is 0 Å². The van der Waals surface area contributed by atoms with Gasteiger partial charge in [-0.2, -0.15) is 0 Å². The van der Waals surface area contributed by atoms with Crippen LogP contribution >= 0.6 is 0 Å². The highest BCUT2D eigenvalue weighted by Gasteiger charge is 1.97. The molecule has 0 aliphatic heterocycles. The lowest BCUT2D eigenvalue weighted by atomic mass is 10.1. The topological polar surface area (TPSA) is 12.0 Å². The number of hydrogen-bond donors (Lipinski definition) is 1. The molecule has 0 saturated heterocycles. The Morgan fingerprint density at radius 1 is 0.842 bits per heavy atom. The Labute approximate surface area is 116 Å². The van der Waals surface area contributed by atoms with Gasteiger partial charge in [0.05, 0.1) is 0 Å². The second-order valence-corrected chi connectivity index (χ2v) is 5.30. The minimum atomic E-state index is 0.885. The maximum Gasteiger partial charge on any atom is 0.0400 e. The van der Waals surface area contributed by atoms with Crippen molar-refractivity contribution in [3.63, 3.8) is 0 Å². The van der Waals surface area contributed by atoms with E-state index in [4.69, 9.17) is 0 Å². The van der Waals surface area contributed by atoms with Crippen LogP contribution in [0.2, 0.25) is 0 Å². The van der Waals surface area contributed by atoms with E-state index < -0.39 is 0 Å². The first-order chi connectivity index (χ1) is 9.17. The number of hydrogen-bond acceptors (Lipinski definition) is 1. The maximum atomic E-state index is 3.48. The number of anilines is 1. The van der Waals surface area contributed by atoms with E-state index in [2.05, 4.69) is 68.6 Å². The van der Waals surface area contributed by atoms with Crippen LogP contribution in [-0.2, 0) is 13.0 Å². The van der Waals surface area contributed by atoms with Crippen LogP contribution in [0.3, 0.4) is 0 Å². The fourth-order valence-corrected chi connectivity index (χ4v) is 2.45. The zero-order valence-corrected chi connectivity index (χ0v) is 12.2.